The number of fused-ring (bicyclic) bond motifs is 1. The first-order valence-corrected chi connectivity index (χ1v) is 6.46. The summed E-state index contributed by atoms with van der Waals surface area (Å²) in [5.41, 5.74) is 4.49. The molecular weight excluding hydrogens is 212 g/mol. The largest absolute Gasteiger partial charge is 0.378 e. The van der Waals surface area contributed by atoms with Crippen molar-refractivity contribution in [2.45, 2.75) is 13.0 Å². The number of rotatable bonds is 1. The Hall–Kier alpha value is -1.06. The van der Waals surface area contributed by atoms with E-state index in [1.165, 1.54) is 29.8 Å². The van der Waals surface area contributed by atoms with Gasteiger partial charge in [-0.2, -0.15) is 0 Å². The van der Waals surface area contributed by atoms with E-state index < -0.39 is 0 Å². The van der Waals surface area contributed by atoms with Gasteiger partial charge >= 0.3 is 0 Å². The van der Waals surface area contributed by atoms with Gasteiger partial charge in [-0.1, -0.05) is 12.1 Å². The first-order valence-electron chi connectivity index (χ1n) is 6.46. The summed E-state index contributed by atoms with van der Waals surface area (Å²) in [4.78, 5) is 4.88. The lowest BCUT2D eigenvalue weighted by Gasteiger charge is -2.34. The van der Waals surface area contributed by atoms with Gasteiger partial charge in [0, 0.05) is 31.9 Å². The third-order valence-electron chi connectivity index (χ3n) is 3.79. The molecule has 0 amide bonds. The van der Waals surface area contributed by atoms with Gasteiger partial charge in [0.2, 0.25) is 0 Å². The lowest BCUT2D eigenvalue weighted by atomic mass is 9.97. The number of hydrogen-bond acceptors (Lipinski definition) is 3. The van der Waals surface area contributed by atoms with E-state index in [4.69, 9.17) is 4.74 Å². The van der Waals surface area contributed by atoms with Gasteiger partial charge in [0.25, 0.3) is 0 Å². The van der Waals surface area contributed by atoms with Gasteiger partial charge in [0.15, 0.2) is 0 Å². The molecule has 1 aromatic rings. The van der Waals surface area contributed by atoms with Crippen molar-refractivity contribution >= 4 is 5.69 Å². The van der Waals surface area contributed by atoms with Gasteiger partial charge < -0.3 is 14.5 Å². The van der Waals surface area contributed by atoms with E-state index in [-0.39, 0.29) is 0 Å². The standard InChI is InChI=1S/C14H20N2O/c1-15-6-5-12-3-2-4-14(13(12)11-15)16-7-9-17-10-8-16/h2-4H,5-11H2,1H3. The molecule has 2 heterocycles. The van der Waals surface area contributed by atoms with E-state index in [0.717, 1.165) is 32.8 Å². The van der Waals surface area contributed by atoms with Crippen LogP contribution in [0.2, 0.25) is 0 Å². The average molecular weight is 232 g/mol. The summed E-state index contributed by atoms with van der Waals surface area (Å²) in [5.74, 6) is 0. The first kappa shape index (κ1) is 11.1. The first-order chi connectivity index (χ1) is 8.34. The molecule has 0 atom stereocenters. The number of ether oxygens (including phenoxy) is 1. The van der Waals surface area contributed by atoms with Crippen LogP contribution in [0.4, 0.5) is 5.69 Å². The van der Waals surface area contributed by atoms with Crippen LogP contribution in [0.25, 0.3) is 0 Å². The second kappa shape index (κ2) is 4.67. The highest BCUT2D eigenvalue weighted by Crippen LogP contribution is 2.29. The predicted molar refractivity (Wildman–Crippen MR) is 69.5 cm³/mol. The Kier molecular flexibility index (Phi) is 3.04. The summed E-state index contributed by atoms with van der Waals surface area (Å²) >= 11 is 0. The van der Waals surface area contributed by atoms with Gasteiger partial charge in [0.05, 0.1) is 13.2 Å². The summed E-state index contributed by atoms with van der Waals surface area (Å²) < 4.78 is 5.43. The maximum atomic E-state index is 5.43. The summed E-state index contributed by atoms with van der Waals surface area (Å²) in [6, 6.07) is 6.75. The fraction of sp³-hybridized carbons (Fsp3) is 0.571. The predicted octanol–water partition coefficient (Wildman–Crippen LogP) is 1.51. The molecule has 0 bridgehead atoms. The van der Waals surface area contributed by atoms with Crippen LogP contribution in [-0.2, 0) is 17.7 Å². The van der Waals surface area contributed by atoms with Crippen LogP contribution in [0.1, 0.15) is 11.1 Å². The van der Waals surface area contributed by atoms with Crippen LogP contribution in [0.5, 0.6) is 0 Å². The Morgan fingerprint density at radius 1 is 1.12 bits per heavy atom. The molecule has 3 heteroatoms. The van der Waals surface area contributed by atoms with Crippen LogP contribution < -0.4 is 4.90 Å². The highest BCUT2D eigenvalue weighted by atomic mass is 16.5. The monoisotopic (exact) mass is 232 g/mol. The van der Waals surface area contributed by atoms with Crippen LogP contribution in [0, 0.1) is 0 Å². The minimum absolute atomic E-state index is 0.861. The molecule has 1 saturated heterocycles. The Morgan fingerprint density at radius 3 is 2.76 bits per heavy atom. The zero-order valence-corrected chi connectivity index (χ0v) is 10.5. The lowest BCUT2D eigenvalue weighted by Crippen LogP contribution is -2.38. The molecule has 3 nitrogen and oxygen atoms in total. The Morgan fingerprint density at radius 2 is 1.94 bits per heavy atom. The molecular formula is C14H20N2O. The van der Waals surface area contributed by atoms with Crippen LogP contribution in [0.15, 0.2) is 18.2 Å². The van der Waals surface area contributed by atoms with Crippen molar-refractivity contribution in [2.24, 2.45) is 0 Å². The van der Waals surface area contributed by atoms with Crippen molar-refractivity contribution in [3.63, 3.8) is 0 Å². The van der Waals surface area contributed by atoms with E-state index in [2.05, 4.69) is 35.0 Å². The maximum absolute atomic E-state index is 5.43. The fourth-order valence-electron chi connectivity index (χ4n) is 2.80. The number of likely N-dealkylation sites (N-methyl/N-ethyl adjacent to an activating group) is 1. The number of anilines is 1. The lowest BCUT2D eigenvalue weighted by molar-refractivity contribution is 0.122. The summed E-state index contributed by atoms with van der Waals surface area (Å²) in [5, 5.41) is 0. The number of benzene rings is 1. The molecule has 17 heavy (non-hydrogen) atoms. The molecule has 0 aromatic heterocycles. The number of morpholine rings is 1. The molecule has 3 rings (SSSR count). The van der Waals surface area contributed by atoms with Gasteiger partial charge in [0.1, 0.15) is 0 Å². The Labute approximate surface area is 103 Å². The highest BCUT2D eigenvalue weighted by molar-refractivity contribution is 5.57. The molecule has 1 aromatic carbocycles. The SMILES string of the molecule is CN1CCc2cccc(N3CCOCC3)c2C1. The summed E-state index contributed by atoms with van der Waals surface area (Å²) in [7, 11) is 2.21. The van der Waals surface area contributed by atoms with Crippen molar-refractivity contribution in [1.82, 2.24) is 4.90 Å². The van der Waals surface area contributed by atoms with Crippen LogP contribution >= 0.6 is 0 Å². The van der Waals surface area contributed by atoms with Crippen LogP contribution in [0.3, 0.4) is 0 Å². The van der Waals surface area contributed by atoms with Gasteiger partial charge in [-0.25, -0.2) is 0 Å². The van der Waals surface area contributed by atoms with E-state index in [1.807, 2.05) is 0 Å². The zero-order chi connectivity index (χ0) is 11.7. The summed E-state index contributed by atoms with van der Waals surface area (Å²) in [6.45, 7) is 6.04. The van der Waals surface area contributed by atoms with Gasteiger partial charge in [-0.05, 0) is 30.7 Å². The van der Waals surface area contributed by atoms with Crippen molar-refractivity contribution in [3.05, 3.63) is 29.3 Å². The van der Waals surface area contributed by atoms with Gasteiger partial charge in [-0.3, -0.25) is 0 Å². The third-order valence-corrected chi connectivity index (χ3v) is 3.79. The molecule has 0 radical (unpaired) electrons. The van der Waals surface area contributed by atoms with Crippen molar-refractivity contribution in [2.75, 3.05) is 44.8 Å². The normalized spacial score (nSPS) is 21.4. The highest BCUT2D eigenvalue weighted by Gasteiger charge is 2.20. The molecule has 0 saturated carbocycles. The molecule has 0 N–H and O–H groups in total. The number of hydrogen-bond donors (Lipinski definition) is 0. The zero-order valence-electron chi connectivity index (χ0n) is 10.5. The summed E-state index contributed by atoms with van der Waals surface area (Å²) in [6.07, 6.45) is 1.18. The molecule has 0 unspecified atom stereocenters. The van der Waals surface area contributed by atoms with Crippen molar-refractivity contribution < 1.29 is 4.74 Å². The molecule has 2 aliphatic heterocycles. The molecule has 92 valence electrons. The van der Waals surface area contributed by atoms with Crippen molar-refractivity contribution in [3.8, 4) is 0 Å². The van der Waals surface area contributed by atoms with E-state index in [1.54, 1.807) is 0 Å². The van der Waals surface area contributed by atoms with E-state index >= 15 is 0 Å². The van der Waals surface area contributed by atoms with Crippen LogP contribution in [-0.4, -0.2) is 44.8 Å². The second-order valence-corrected chi connectivity index (χ2v) is 5.00. The molecule has 0 spiro atoms. The second-order valence-electron chi connectivity index (χ2n) is 5.00. The maximum Gasteiger partial charge on any atom is 0.0642 e. The average Bonchev–Trinajstić information content (AvgIpc) is 2.39. The minimum atomic E-state index is 0.861. The van der Waals surface area contributed by atoms with E-state index in [9.17, 15) is 0 Å². The minimum Gasteiger partial charge on any atom is -0.378 e. The van der Waals surface area contributed by atoms with E-state index in [0.29, 0.717) is 0 Å². The smallest absolute Gasteiger partial charge is 0.0642 e. The quantitative estimate of drug-likeness (QED) is 0.730. The fourth-order valence-corrected chi connectivity index (χ4v) is 2.80. The Balaban J connectivity index is 1.93. The van der Waals surface area contributed by atoms with Crippen molar-refractivity contribution in [1.29, 1.82) is 0 Å². The topological polar surface area (TPSA) is 15.7 Å². The van der Waals surface area contributed by atoms with Gasteiger partial charge in [-0.15, -0.1) is 0 Å². The number of nitrogens with zero attached hydrogens (tertiary/aromatic N) is 2. The molecule has 1 fully saturated rings. The molecule has 2 aliphatic rings. The molecule has 0 aliphatic carbocycles. The Bertz CT molecular complexity index is 399. The third kappa shape index (κ3) is 2.17.